The van der Waals surface area contributed by atoms with Crippen molar-refractivity contribution in [2.24, 2.45) is 0 Å². The van der Waals surface area contributed by atoms with Gasteiger partial charge in [-0.2, -0.15) is 18.2 Å². The highest BCUT2D eigenvalue weighted by Crippen LogP contribution is 2.38. The molecule has 9 heteroatoms. The minimum Gasteiger partial charge on any atom is -0.324 e. The lowest BCUT2D eigenvalue weighted by atomic mass is 10.4. The molecule has 2 aromatic heterocycles. The van der Waals surface area contributed by atoms with E-state index in [1.807, 2.05) is 0 Å². The number of aromatic nitrogens is 4. The number of halogens is 3. The van der Waals surface area contributed by atoms with E-state index in [4.69, 9.17) is 4.52 Å². The monoisotopic (exact) mass is 301 g/mol. The molecule has 2 aromatic rings. The van der Waals surface area contributed by atoms with Crippen molar-refractivity contribution >= 4 is 6.01 Å². The first-order valence-corrected chi connectivity index (χ1v) is 6.54. The van der Waals surface area contributed by atoms with Crippen LogP contribution in [-0.2, 0) is 13.1 Å². The Morgan fingerprint density at radius 3 is 2.86 bits per heavy atom. The van der Waals surface area contributed by atoms with Crippen molar-refractivity contribution in [3.8, 4) is 0 Å². The second-order valence-electron chi connectivity index (χ2n) is 5.15. The molecular formula is C12H14F3N5O. The van der Waals surface area contributed by atoms with E-state index in [1.165, 1.54) is 12.4 Å². The Kier molecular flexibility index (Phi) is 3.34. The van der Waals surface area contributed by atoms with E-state index in [0.717, 1.165) is 17.4 Å². The van der Waals surface area contributed by atoms with E-state index in [0.29, 0.717) is 23.6 Å². The normalized spacial score (nSPS) is 15.4. The summed E-state index contributed by atoms with van der Waals surface area (Å²) in [6.07, 6.45) is 0.480. The molecule has 0 atom stereocenters. The number of nitrogens with zero attached hydrogens (tertiary/aromatic N) is 5. The lowest BCUT2D eigenvalue weighted by Gasteiger charge is -2.15. The lowest BCUT2D eigenvalue weighted by Crippen LogP contribution is -2.24. The zero-order valence-corrected chi connectivity index (χ0v) is 11.3. The van der Waals surface area contributed by atoms with Crippen LogP contribution in [-0.4, -0.2) is 32.9 Å². The maximum Gasteiger partial charge on any atom is 0.406 e. The molecule has 1 aliphatic carbocycles. The summed E-state index contributed by atoms with van der Waals surface area (Å²) in [6, 6.07) is 0.290. The molecule has 0 radical (unpaired) electrons. The Labute approximate surface area is 118 Å². The van der Waals surface area contributed by atoms with E-state index >= 15 is 0 Å². The van der Waals surface area contributed by atoms with Crippen molar-refractivity contribution in [3.63, 3.8) is 0 Å². The number of alkyl halides is 3. The van der Waals surface area contributed by atoms with Gasteiger partial charge >= 0.3 is 12.2 Å². The lowest BCUT2D eigenvalue weighted by molar-refractivity contribution is -0.141. The molecule has 0 bridgehead atoms. The van der Waals surface area contributed by atoms with Gasteiger partial charge in [0.2, 0.25) is 0 Å². The first kappa shape index (κ1) is 13.9. The number of imidazole rings is 1. The Morgan fingerprint density at radius 1 is 1.43 bits per heavy atom. The maximum absolute atomic E-state index is 12.5. The quantitative estimate of drug-likeness (QED) is 0.848. The summed E-state index contributed by atoms with van der Waals surface area (Å²) >= 11 is 0. The fourth-order valence-corrected chi connectivity index (χ4v) is 2.00. The zero-order chi connectivity index (χ0) is 15.0. The van der Waals surface area contributed by atoms with Gasteiger partial charge in [0, 0.05) is 25.4 Å². The molecule has 1 saturated carbocycles. The van der Waals surface area contributed by atoms with Crippen LogP contribution in [0.3, 0.4) is 0 Å². The molecule has 1 fully saturated rings. The highest BCUT2D eigenvalue weighted by Gasteiger charge is 2.30. The number of hydrogen-bond acceptors (Lipinski definition) is 5. The van der Waals surface area contributed by atoms with Crippen LogP contribution < -0.4 is 4.90 Å². The van der Waals surface area contributed by atoms with Crippen LogP contribution in [0.15, 0.2) is 16.9 Å². The second-order valence-corrected chi connectivity index (χ2v) is 5.15. The van der Waals surface area contributed by atoms with Gasteiger partial charge in [-0.15, -0.1) is 0 Å². The van der Waals surface area contributed by atoms with Crippen LogP contribution in [0.2, 0.25) is 0 Å². The van der Waals surface area contributed by atoms with Crippen molar-refractivity contribution in [2.45, 2.75) is 38.0 Å². The van der Waals surface area contributed by atoms with Crippen molar-refractivity contribution in [2.75, 3.05) is 11.9 Å². The molecule has 6 nitrogen and oxygen atoms in total. The minimum absolute atomic E-state index is 0.162. The average molecular weight is 301 g/mol. The minimum atomic E-state index is -4.28. The van der Waals surface area contributed by atoms with Gasteiger partial charge in [0.1, 0.15) is 12.4 Å². The molecule has 0 saturated heterocycles. The van der Waals surface area contributed by atoms with Crippen LogP contribution in [0.1, 0.15) is 30.4 Å². The topological polar surface area (TPSA) is 60.0 Å². The summed E-state index contributed by atoms with van der Waals surface area (Å²) in [7, 11) is 1.68. The fraction of sp³-hybridized carbons (Fsp3) is 0.583. The second kappa shape index (κ2) is 5.05. The molecule has 0 aliphatic heterocycles. The molecular weight excluding hydrogens is 287 g/mol. The van der Waals surface area contributed by atoms with E-state index in [9.17, 15) is 13.2 Å². The summed E-state index contributed by atoms with van der Waals surface area (Å²) in [4.78, 5) is 9.79. The molecule has 114 valence electrons. The van der Waals surface area contributed by atoms with Crippen LogP contribution in [0.4, 0.5) is 19.2 Å². The SMILES string of the molecule is CN(Cc1nccn1CC(F)(F)F)c1nc(C2CC2)no1. The van der Waals surface area contributed by atoms with Crippen LogP contribution in [0.5, 0.6) is 0 Å². The molecule has 0 unspecified atom stereocenters. The third-order valence-corrected chi connectivity index (χ3v) is 3.23. The number of hydrogen-bond donors (Lipinski definition) is 0. The zero-order valence-electron chi connectivity index (χ0n) is 11.3. The number of anilines is 1. The largest absolute Gasteiger partial charge is 0.406 e. The maximum atomic E-state index is 12.5. The summed E-state index contributed by atoms with van der Waals surface area (Å²) in [6.45, 7) is -0.900. The van der Waals surface area contributed by atoms with Crippen LogP contribution >= 0.6 is 0 Å². The van der Waals surface area contributed by atoms with Gasteiger partial charge in [-0.1, -0.05) is 5.16 Å². The van der Waals surface area contributed by atoms with Gasteiger partial charge in [0.05, 0.1) is 6.54 Å². The standard InChI is InChI=1S/C12H14F3N5O/c1-19(11-17-10(18-21-11)8-2-3-8)6-9-16-4-5-20(9)7-12(13,14)15/h4-5,8H,2-3,6-7H2,1H3. The average Bonchev–Trinajstić information content (AvgIpc) is 2.96. The number of rotatable bonds is 5. The van der Waals surface area contributed by atoms with E-state index in [2.05, 4.69) is 15.1 Å². The molecule has 1 aliphatic rings. The van der Waals surface area contributed by atoms with Gasteiger partial charge in [-0.3, -0.25) is 0 Å². The predicted molar refractivity (Wildman–Crippen MR) is 66.7 cm³/mol. The van der Waals surface area contributed by atoms with Gasteiger partial charge in [-0.05, 0) is 12.8 Å². The Balaban J connectivity index is 1.69. The van der Waals surface area contributed by atoms with Crippen molar-refractivity contribution in [1.29, 1.82) is 0 Å². The molecule has 2 heterocycles. The molecule has 0 amide bonds. The smallest absolute Gasteiger partial charge is 0.324 e. The summed E-state index contributed by atoms with van der Waals surface area (Å²) < 4.78 is 43.6. The molecule has 0 spiro atoms. The Hall–Kier alpha value is -2.06. The third kappa shape index (κ3) is 3.34. The summed E-state index contributed by atoms with van der Waals surface area (Å²) in [5.74, 6) is 1.32. The van der Waals surface area contributed by atoms with Crippen molar-refractivity contribution in [3.05, 3.63) is 24.0 Å². The predicted octanol–water partition coefficient (Wildman–Crippen LogP) is 2.34. The summed E-state index contributed by atoms with van der Waals surface area (Å²) in [5, 5.41) is 3.88. The molecule has 3 rings (SSSR count). The van der Waals surface area contributed by atoms with Gasteiger partial charge < -0.3 is 14.0 Å². The Bertz CT molecular complexity index is 616. The van der Waals surface area contributed by atoms with Crippen molar-refractivity contribution in [1.82, 2.24) is 19.7 Å². The van der Waals surface area contributed by atoms with E-state index in [1.54, 1.807) is 11.9 Å². The van der Waals surface area contributed by atoms with Crippen LogP contribution in [0.25, 0.3) is 0 Å². The third-order valence-electron chi connectivity index (χ3n) is 3.23. The Morgan fingerprint density at radius 2 is 2.19 bits per heavy atom. The fourth-order valence-electron chi connectivity index (χ4n) is 2.00. The van der Waals surface area contributed by atoms with Crippen LogP contribution in [0, 0.1) is 0 Å². The van der Waals surface area contributed by atoms with Crippen molar-refractivity contribution < 1.29 is 17.7 Å². The van der Waals surface area contributed by atoms with Gasteiger partial charge in [0.25, 0.3) is 0 Å². The van der Waals surface area contributed by atoms with E-state index in [-0.39, 0.29) is 6.54 Å². The van der Waals surface area contributed by atoms with Gasteiger partial charge in [-0.25, -0.2) is 4.98 Å². The molecule has 21 heavy (non-hydrogen) atoms. The molecule has 0 aromatic carbocycles. The highest BCUT2D eigenvalue weighted by molar-refractivity contribution is 5.25. The molecule has 0 N–H and O–H groups in total. The first-order valence-electron chi connectivity index (χ1n) is 6.54. The highest BCUT2D eigenvalue weighted by atomic mass is 19.4. The summed E-state index contributed by atoms with van der Waals surface area (Å²) in [5.41, 5.74) is 0. The van der Waals surface area contributed by atoms with Gasteiger partial charge in [0.15, 0.2) is 5.82 Å². The van der Waals surface area contributed by atoms with E-state index < -0.39 is 12.7 Å². The first-order chi connectivity index (χ1) is 9.92.